The molecule has 1 aliphatic heterocycles. The quantitative estimate of drug-likeness (QED) is 0.445. The van der Waals surface area contributed by atoms with Crippen LogP contribution in [0.25, 0.3) is 15.9 Å². The largest absolute Gasteiger partial charge is 0.345 e. The number of nitrogens with zero attached hydrogens (tertiary/aromatic N) is 5. The first kappa shape index (κ1) is 21.6. The van der Waals surface area contributed by atoms with E-state index in [-0.39, 0.29) is 5.91 Å². The number of hydrogen-bond acceptors (Lipinski definition) is 7. The number of carbonyl (C=O) groups excluding carboxylic acids is 1. The second kappa shape index (κ2) is 8.27. The normalized spacial score (nSPS) is 14.7. The van der Waals surface area contributed by atoms with Crippen molar-refractivity contribution in [3.63, 3.8) is 0 Å². The fraction of sp³-hybridized carbons (Fsp3) is 0.261. The molecule has 0 atom stereocenters. The first-order valence-corrected chi connectivity index (χ1v) is 13.3. The van der Waals surface area contributed by atoms with E-state index in [9.17, 15) is 13.2 Å². The van der Waals surface area contributed by atoms with Gasteiger partial charge in [-0.25, -0.2) is 18.1 Å². The molecule has 4 aromatic rings. The summed E-state index contributed by atoms with van der Waals surface area (Å²) in [7, 11) is -3.26. The van der Waals surface area contributed by atoms with Crippen LogP contribution in [0.5, 0.6) is 0 Å². The van der Waals surface area contributed by atoms with Crippen LogP contribution in [0.15, 0.2) is 59.6 Å². The molecule has 0 bridgehead atoms. The van der Waals surface area contributed by atoms with Gasteiger partial charge in [0.2, 0.25) is 0 Å². The summed E-state index contributed by atoms with van der Waals surface area (Å²) >= 11 is 1.48. The van der Waals surface area contributed by atoms with Crippen molar-refractivity contribution in [2.24, 2.45) is 0 Å². The van der Waals surface area contributed by atoms with Gasteiger partial charge in [-0.1, -0.05) is 29.5 Å². The minimum Gasteiger partial charge on any atom is -0.345 e. The number of thiazole rings is 1. The number of fused-ring (bicyclic) bond motifs is 1. The second-order valence-electron chi connectivity index (χ2n) is 8.07. The van der Waals surface area contributed by atoms with E-state index in [1.807, 2.05) is 42.2 Å². The van der Waals surface area contributed by atoms with Crippen molar-refractivity contribution in [1.29, 1.82) is 0 Å². The molecule has 0 radical (unpaired) electrons. The van der Waals surface area contributed by atoms with Gasteiger partial charge in [0.05, 0.1) is 38.3 Å². The maximum absolute atomic E-state index is 13.2. The smallest absolute Gasteiger partial charge is 0.257 e. The summed E-state index contributed by atoms with van der Waals surface area (Å²) in [5.74, 6) is -0.0172. The van der Waals surface area contributed by atoms with E-state index in [1.165, 1.54) is 17.6 Å². The predicted molar refractivity (Wildman–Crippen MR) is 129 cm³/mol. The number of hydrogen-bond donors (Lipinski definition) is 0. The highest BCUT2D eigenvalue weighted by molar-refractivity contribution is 7.90. The van der Waals surface area contributed by atoms with E-state index in [0.29, 0.717) is 36.6 Å². The maximum Gasteiger partial charge on any atom is 0.257 e. The number of rotatable bonds is 4. The molecule has 1 saturated heterocycles. The summed E-state index contributed by atoms with van der Waals surface area (Å²) in [5.41, 5.74) is 3.14. The van der Waals surface area contributed by atoms with E-state index in [0.717, 1.165) is 26.7 Å². The third-order valence-electron chi connectivity index (χ3n) is 5.86. The van der Waals surface area contributed by atoms with Gasteiger partial charge in [-0.15, -0.1) is 0 Å². The highest BCUT2D eigenvalue weighted by Crippen LogP contribution is 2.31. The average Bonchev–Trinajstić information content (AvgIpc) is 3.42. The van der Waals surface area contributed by atoms with Crippen LogP contribution in [0.2, 0.25) is 0 Å². The Hall–Kier alpha value is -3.24. The van der Waals surface area contributed by atoms with E-state index in [2.05, 4.69) is 15.0 Å². The first-order chi connectivity index (χ1) is 15.8. The number of benzene rings is 2. The van der Waals surface area contributed by atoms with Gasteiger partial charge >= 0.3 is 0 Å². The van der Waals surface area contributed by atoms with Crippen LogP contribution in [0.3, 0.4) is 0 Å². The predicted octanol–water partition coefficient (Wildman–Crippen LogP) is 3.16. The van der Waals surface area contributed by atoms with Crippen molar-refractivity contribution in [1.82, 2.24) is 19.7 Å². The number of piperazine rings is 1. The Morgan fingerprint density at radius 1 is 1.03 bits per heavy atom. The molecule has 1 aliphatic rings. The third kappa shape index (κ3) is 4.11. The molecule has 5 rings (SSSR count). The van der Waals surface area contributed by atoms with Gasteiger partial charge in [-0.3, -0.25) is 4.79 Å². The first-order valence-electron chi connectivity index (χ1n) is 10.6. The monoisotopic (exact) mass is 481 g/mol. The Labute approximate surface area is 196 Å². The molecule has 0 unspecified atom stereocenters. The molecule has 33 heavy (non-hydrogen) atoms. The SMILES string of the molecule is Cc1c(C(=O)N2CCN(c3nc4ccc(S(C)(=O)=O)cc4s3)CC2)cnn1-c1ccccc1. The summed E-state index contributed by atoms with van der Waals surface area (Å²) in [5, 5.41) is 5.26. The van der Waals surface area contributed by atoms with Crippen LogP contribution in [0, 0.1) is 6.92 Å². The molecule has 8 nitrogen and oxygen atoms in total. The van der Waals surface area contributed by atoms with Crippen molar-refractivity contribution in [2.45, 2.75) is 11.8 Å². The van der Waals surface area contributed by atoms with Crippen molar-refractivity contribution in [3.8, 4) is 5.69 Å². The van der Waals surface area contributed by atoms with Gasteiger partial charge in [-0.05, 0) is 37.3 Å². The fourth-order valence-electron chi connectivity index (χ4n) is 3.98. The van der Waals surface area contributed by atoms with Crippen molar-refractivity contribution in [3.05, 3.63) is 66.0 Å². The second-order valence-corrected chi connectivity index (χ2v) is 11.1. The van der Waals surface area contributed by atoms with Crippen LogP contribution >= 0.6 is 11.3 Å². The molecule has 1 fully saturated rings. The molecule has 1 amide bonds. The zero-order chi connectivity index (χ0) is 23.2. The van der Waals surface area contributed by atoms with Crippen LogP contribution in [-0.2, 0) is 9.84 Å². The topological polar surface area (TPSA) is 88.4 Å². The molecule has 0 saturated carbocycles. The van der Waals surface area contributed by atoms with Crippen molar-refractivity contribution >= 4 is 42.4 Å². The standard InChI is InChI=1S/C23H23N5O3S2/c1-16-19(15-24-28(16)17-6-4-3-5-7-17)22(29)26-10-12-27(13-11-26)23-25-20-9-8-18(33(2,30)31)14-21(20)32-23/h3-9,14-15H,10-13H2,1-2H3. The van der Waals surface area contributed by atoms with E-state index in [1.54, 1.807) is 29.1 Å². The lowest BCUT2D eigenvalue weighted by Crippen LogP contribution is -2.48. The number of para-hydroxylation sites is 1. The maximum atomic E-state index is 13.2. The van der Waals surface area contributed by atoms with Crippen LogP contribution in [-0.4, -0.2) is 66.4 Å². The summed E-state index contributed by atoms with van der Waals surface area (Å²) < 4.78 is 26.3. The van der Waals surface area contributed by atoms with Gasteiger partial charge in [-0.2, -0.15) is 5.10 Å². The Bertz CT molecular complexity index is 1440. The van der Waals surface area contributed by atoms with E-state index < -0.39 is 9.84 Å². The summed E-state index contributed by atoms with van der Waals surface area (Å²) in [6.07, 6.45) is 2.85. The molecule has 0 spiro atoms. The summed E-state index contributed by atoms with van der Waals surface area (Å²) in [4.78, 5) is 22.1. The highest BCUT2D eigenvalue weighted by atomic mass is 32.2. The number of carbonyl (C=O) groups is 1. The molecule has 10 heteroatoms. The molecule has 3 heterocycles. The molecule has 170 valence electrons. The lowest BCUT2D eigenvalue weighted by molar-refractivity contribution is 0.0746. The van der Waals surface area contributed by atoms with Gasteiger partial charge < -0.3 is 9.80 Å². The average molecular weight is 482 g/mol. The number of sulfone groups is 1. The van der Waals surface area contributed by atoms with Crippen LogP contribution in [0.1, 0.15) is 16.1 Å². The molecule has 0 N–H and O–H groups in total. The minimum atomic E-state index is -3.26. The Balaban J connectivity index is 1.29. The van der Waals surface area contributed by atoms with Crippen molar-refractivity contribution < 1.29 is 13.2 Å². The molecule has 0 aliphatic carbocycles. The minimum absolute atomic E-state index is 0.0172. The molecular formula is C23H23N5O3S2. The van der Waals surface area contributed by atoms with Gasteiger partial charge in [0, 0.05) is 32.4 Å². The summed E-state index contributed by atoms with van der Waals surface area (Å²) in [6, 6.07) is 14.8. The van der Waals surface area contributed by atoms with Crippen molar-refractivity contribution in [2.75, 3.05) is 37.3 Å². The van der Waals surface area contributed by atoms with Crippen LogP contribution < -0.4 is 4.90 Å². The van der Waals surface area contributed by atoms with E-state index >= 15 is 0 Å². The van der Waals surface area contributed by atoms with Gasteiger partial charge in [0.1, 0.15) is 0 Å². The molecular weight excluding hydrogens is 458 g/mol. The third-order valence-corrected chi connectivity index (χ3v) is 8.04. The number of amides is 1. The van der Waals surface area contributed by atoms with Gasteiger partial charge in [0.25, 0.3) is 5.91 Å². The zero-order valence-corrected chi connectivity index (χ0v) is 19.9. The number of aromatic nitrogens is 3. The lowest BCUT2D eigenvalue weighted by atomic mass is 10.2. The Kier molecular flexibility index (Phi) is 5.41. The fourth-order valence-corrected chi connectivity index (χ4v) is 5.76. The van der Waals surface area contributed by atoms with Gasteiger partial charge in [0.15, 0.2) is 15.0 Å². The van der Waals surface area contributed by atoms with Crippen LogP contribution in [0.4, 0.5) is 5.13 Å². The Morgan fingerprint density at radius 3 is 2.45 bits per heavy atom. The number of anilines is 1. The highest BCUT2D eigenvalue weighted by Gasteiger charge is 2.26. The lowest BCUT2D eigenvalue weighted by Gasteiger charge is -2.34. The summed E-state index contributed by atoms with van der Waals surface area (Å²) in [6.45, 7) is 4.40. The zero-order valence-electron chi connectivity index (χ0n) is 18.3. The van der Waals surface area contributed by atoms with E-state index in [4.69, 9.17) is 0 Å². The molecule has 2 aromatic heterocycles. The molecule has 2 aromatic carbocycles. The Morgan fingerprint density at radius 2 is 1.76 bits per heavy atom.